The number of carbonyl (C=O) groups excluding carboxylic acids is 2. The molecular formula is C18H31N5O2. The molecule has 25 heavy (non-hydrogen) atoms. The Morgan fingerprint density at radius 1 is 1.28 bits per heavy atom. The van der Waals surface area contributed by atoms with Crippen molar-refractivity contribution >= 4 is 11.8 Å². The highest BCUT2D eigenvalue weighted by Crippen LogP contribution is 2.24. The number of nitrogens with zero attached hydrogens (tertiary/aromatic N) is 5. The Bertz CT molecular complexity index is 601. The molecule has 140 valence electrons. The van der Waals surface area contributed by atoms with Gasteiger partial charge in [0.2, 0.25) is 5.91 Å². The van der Waals surface area contributed by atoms with Crippen LogP contribution in [0.4, 0.5) is 0 Å². The minimum absolute atomic E-state index is 0.0792. The van der Waals surface area contributed by atoms with Gasteiger partial charge in [0, 0.05) is 38.1 Å². The molecule has 7 heteroatoms. The van der Waals surface area contributed by atoms with E-state index in [9.17, 15) is 9.59 Å². The van der Waals surface area contributed by atoms with Gasteiger partial charge in [-0.3, -0.25) is 14.3 Å². The molecule has 1 atom stereocenters. The van der Waals surface area contributed by atoms with Crippen molar-refractivity contribution in [2.45, 2.75) is 54.0 Å². The molecule has 2 heterocycles. The van der Waals surface area contributed by atoms with Crippen LogP contribution in [0.1, 0.15) is 57.9 Å². The maximum Gasteiger partial charge on any atom is 0.276 e. The molecule has 1 aromatic heterocycles. The zero-order valence-corrected chi connectivity index (χ0v) is 16.2. The summed E-state index contributed by atoms with van der Waals surface area (Å²) in [6.45, 7) is 13.4. The molecule has 2 rings (SSSR count). The first-order valence-corrected chi connectivity index (χ1v) is 9.25. The van der Waals surface area contributed by atoms with Crippen LogP contribution in [-0.4, -0.2) is 62.8 Å². The Kier molecular flexibility index (Phi) is 6.19. The highest BCUT2D eigenvalue weighted by Gasteiger charge is 2.31. The van der Waals surface area contributed by atoms with Crippen LogP contribution in [-0.2, 0) is 11.3 Å². The second-order valence-corrected chi connectivity index (χ2v) is 7.81. The first-order chi connectivity index (χ1) is 11.8. The minimum Gasteiger partial charge on any atom is -0.342 e. The van der Waals surface area contributed by atoms with E-state index >= 15 is 0 Å². The molecular weight excluding hydrogens is 318 g/mol. The summed E-state index contributed by atoms with van der Waals surface area (Å²) in [4.78, 5) is 28.5. The van der Waals surface area contributed by atoms with Gasteiger partial charge in [-0.2, -0.15) is 0 Å². The number of aromatic nitrogens is 3. The Balaban J connectivity index is 1.98. The van der Waals surface area contributed by atoms with Gasteiger partial charge in [-0.15, -0.1) is 5.10 Å². The van der Waals surface area contributed by atoms with E-state index in [-0.39, 0.29) is 17.2 Å². The van der Waals surface area contributed by atoms with Gasteiger partial charge in [0.1, 0.15) is 0 Å². The maximum atomic E-state index is 12.5. The average Bonchev–Trinajstić information content (AvgIpc) is 3.03. The van der Waals surface area contributed by atoms with Crippen molar-refractivity contribution in [1.29, 1.82) is 0 Å². The predicted molar refractivity (Wildman–Crippen MR) is 96.0 cm³/mol. The van der Waals surface area contributed by atoms with Crippen LogP contribution < -0.4 is 0 Å². The summed E-state index contributed by atoms with van der Waals surface area (Å²) in [6.07, 6.45) is 3.80. The van der Waals surface area contributed by atoms with Crippen molar-refractivity contribution in [1.82, 2.24) is 24.8 Å². The number of hydrogen-bond donors (Lipinski definition) is 0. The smallest absolute Gasteiger partial charge is 0.276 e. The number of piperidine rings is 1. The molecule has 0 aliphatic carbocycles. The average molecular weight is 349 g/mol. The van der Waals surface area contributed by atoms with Crippen molar-refractivity contribution < 1.29 is 9.59 Å². The summed E-state index contributed by atoms with van der Waals surface area (Å²) < 4.78 is 1.74. The van der Waals surface area contributed by atoms with E-state index in [1.165, 1.54) is 0 Å². The Morgan fingerprint density at radius 3 is 2.56 bits per heavy atom. The molecule has 0 unspecified atom stereocenters. The van der Waals surface area contributed by atoms with E-state index in [2.05, 4.69) is 10.3 Å². The molecule has 0 bridgehead atoms. The summed E-state index contributed by atoms with van der Waals surface area (Å²) >= 11 is 0. The van der Waals surface area contributed by atoms with E-state index in [0.29, 0.717) is 31.2 Å². The third-order valence-corrected chi connectivity index (χ3v) is 4.70. The quantitative estimate of drug-likeness (QED) is 0.815. The second kappa shape index (κ2) is 7.97. The van der Waals surface area contributed by atoms with Gasteiger partial charge in [0.25, 0.3) is 5.91 Å². The number of hydrogen-bond acceptors (Lipinski definition) is 4. The van der Waals surface area contributed by atoms with Gasteiger partial charge in [-0.25, -0.2) is 0 Å². The molecule has 0 aromatic carbocycles. The Hall–Kier alpha value is -1.92. The normalized spacial score (nSPS) is 18.3. The van der Waals surface area contributed by atoms with E-state index in [1.807, 2.05) is 39.5 Å². The van der Waals surface area contributed by atoms with Crippen molar-refractivity contribution in [3.63, 3.8) is 0 Å². The molecule has 0 saturated carbocycles. The van der Waals surface area contributed by atoms with Crippen LogP contribution in [0.25, 0.3) is 0 Å². The SMILES string of the molecule is CCN(CC)C(=O)c1cn(C[C@H]2CCCN(C(=O)C(C)(C)C)C2)nn1. The topological polar surface area (TPSA) is 71.3 Å². The first kappa shape index (κ1) is 19.4. The fraction of sp³-hybridized carbons (Fsp3) is 0.778. The molecule has 7 nitrogen and oxygen atoms in total. The number of rotatable bonds is 5. The predicted octanol–water partition coefficient (Wildman–Crippen LogP) is 2.04. The standard InChI is InChI=1S/C18H31N5O2/c1-6-21(7-2)16(24)15-13-23(20-19-15)12-14-9-8-10-22(11-14)17(25)18(3,4)5/h13-14H,6-12H2,1-5H3/t14-/m0/s1. The molecule has 2 amide bonds. The fourth-order valence-corrected chi connectivity index (χ4v) is 3.30. The molecule has 0 radical (unpaired) electrons. The van der Waals surface area contributed by atoms with Crippen LogP contribution >= 0.6 is 0 Å². The van der Waals surface area contributed by atoms with Gasteiger partial charge >= 0.3 is 0 Å². The molecule has 1 saturated heterocycles. The maximum absolute atomic E-state index is 12.5. The van der Waals surface area contributed by atoms with Crippen LogP contribution in [0.15, 0.2) is 6.20 Å². The summed E-state index contributed by atoms with van der Waals surface area (Å²) in [5.74, 6) is 0.468. The Morgan fingerprint density at radius 2 is 1.96 bits per heavy atom. The van der Waals surface area contributed by atoms with Crippen molar-refractivity contribution in [2.24, 2.45) is 11.3 Å². The molecule has 1 aliphatic rings. The summed E-state index contributed by atoms with van der Waals surface area (Å²) in [6, 6.07) is 0. The number of amides is 2. The zero-order valence-electron chi connectivity index (χ0n) is 16.2. The summed E-state index contributed by atoms with van der Waals surface area (Å²) in [7, 11) is 0. The molecule has 0 N–H and O–H groups in total. The zero-order chi connectivity index (χ0) is 18.6. The van der Waals surface area contributed by atoms with Gasteiger partial charge in [0.15, 0.2) is 5.69 Å². The first-order valence-electron chi connectivity index (χ1n) is 9.25. The second-order valence-electron chi connectivity index (χ2n) is 7.81. The van der Waals surface area contributed by atoms with Crippen LogP contribution in [0.5, 0.6) is 0 Å². The lowest BCUT2D eigenvalue weighted by atomic mass is 9.91. The molecule has 1 fully saturated rings. The lowest BCUT2D eigenvalue weighted by molar-refractivity contribution is -0.141. The van der Waals surface area contributed by atoms with Crippen LogP contribution in [0.3, 0.4) is 0 Å². The third kappa shape index (κ3) is 4.80. The van der Waals surface area contributed by atoms with Crippen LogP contribution in [0, 0.1) is 11.3 Å². The van der Waals surface area contributed by atoms with Crippen molar-refractivity contribution in [2.75, 3.05) is 26.2 Å². The highest BCUT2D eigenvalue weighted by molar-refractivity contribution is 5.91. The van der Waals surface area contributed by atoms with Gasteiger partial charge in [0.05, 0.1) is 6.20 Å². The third-order valence-electron chi connectivity index (χ3n) is 4.70. The van der Waals surface area contributed by atoms with Crippen molar-refractivity contribution in [3.8, 4) is 0 Å². The van der Waals surface area contributed by atoms with Crippen molar-refractivity contribution in [3.05, 3.63) is 11.9 Å². The highest BCUT2D eigenvalue weighted by atomic mass is 16.2. The number of carbonyl (C=O) groups is 2. The Labute approximate surface area is 150 Å². The van der Waals surface area contributed by atoms with Crippen LogP contribution in [0.2, 0.25) is 0 Å². The van der Waals surface area contributed by atoms with E-state index in [0.717, 1.165) is 25.9 Å². The summed E-state index contributed by atoms with van der Waals surface area (Å²) in [5, 5.41) is 8.15. The molecule has 1 aromatic rings. The molecule has 0 spiro atoms. The minimum atomic E-state index is -0.349. The number of likely N-dealkylation sites (tertiary alicyclic amines) is 1. The summed E-state index contributed by atoms with van der Waals surface area (Å²) in [5.41, 5.74) is 0.0422. The van der Waals surface area contributed by atoms with E-state index in [4.69, 9.17) is 0 Å². The van der Waals surface area contributed by atoms with Gasteiger partial charge in [-0.1, -0.05) is 26.0 Å². The largest absolute Gasteiger partial charge is 0.342 e. The lowest BCUT2D eigenvalue weighted by Crippen LogP contribution is -2.46. The lowest BCUT2D eigenvalue weighted by Gasteiger charge is -2.36. The molecule has 1 aliphatic heterocycles. The van der Waals surface area contributed by atoms with E-state index < -0.39 is 0 Å². The fourth-order valence-electron chi connectivity index (χ4n) is 3.30. The van der Waals surface area contributed by atoms with Gasteiger partial charge in [-0.05, 0) is 32.6 Å². The van der Waals surface area contributed by atoms with Gasteiger partial charge < -0.3 is 9.80 Å². The van der Waals surface area contributed by atoms with E-state index in [1.54, 1.807) is 15.8 Å². The monoisotopic (exact) mass is 349 g/mol.